The molecule has 1 heterocycles. The van der Waals surface area contributed by atoms with Crippen LogP contribution in [-0.4, -0.2) is 19.9 Å². The molecule has 3 rings (SSSR count). The Balaban J connectivity index is 1.94. The molecule has 1 atom stereocenters. The van der Waals surface area contributed by atoms with E-state index < -0.39 is 0 Å². The Hall–Kier alpha value is -0.900. The van der Waals surface area contributed by atoms with E-state index >= 15 is 0 Å². The SMILES string of the molecule is CC(c1nnc(CO)n1C1CC1)C1CC1. The summed E-state index contributed by atoms with van der Waals surface area (Å²) in [5.74, 6) is 3.17. The van der Waals surface area contributed by atoms with Crippen molar-refractivity contribution in [1.29, 1.82) is 0 Å². The van der Waals surface area contributed by atoms with Crippen molar-refractivity contribution in [1.82, 2.24) is 14.8 Å². The van der Waals surface area contributed by atoms with Crippen LogP contribution in [0.25, 0.3) is 0 Å². The first-order valence-electron chi connectivity index (χ1n) is 5.85. The molecule has 2 aliphatic rings. The third-order valence-electron chi connectivity index (χ3n) is 3.58. The molecule has 0 bridgehead atoms. The first kappa shape index (κ1) is 9.33. The van der Waals surface area contributed by atoms with Gasteiger partial charge in [-0.3, -0.25) is 0 Å². The Kier molecular flexibility index (Phi) is 2.06. The molecule has 0 amide bonds. The van der Waals surface area contributed by atoms with Gasteiger partial charge < -0.3 is 9.67 Å². The highest BCUT2D eigenvalue weighted by Gasteiger charge is 2.36. The first-order chi connectivity index (χ1) is 7.31. The van der Waals surface area contributed by atoms with E-state index in [0.717, 1.165) is 17.6 Å². The maximum Gasteiger partial charge on any atom is 0.159 e. The van der Waals surface area contributed by atoms with E-state index in [1.165, 1.54) is 25.7 Å². The van der Waals surface area contributed by atoms with Crippen molar-refractivity contribution in [3.8, 4) is 0 Å². The van der Waals surface area contributed by atoms with Crippen LogP contribution in [0, 0.1) is 5.92 Å². The van der Waals surface area contributed by atoms with Gasteiger partial charge >= 0.3 is 0 Å². The van der Waals surface area contributed by atoms with Crippen LogP contribution in [0.2, 0.25) is 0 Å². The third-order valence-corrected chi connectivity index (χ3v) is 3.58. The number of hydrogen-bond acceptors (Lipinski definition) is 3. The molecule has 15 heavy (non-hydrogen) atoms. The molecule has 4 nitrogen and oxygen atoms in total. The van der Waals surface area contributed by atoms with Crippen LogP contribution >= 0.6 is 0 Å². The molecule has 2 saturated carbocycles. The predicted octanol–water partition coefficient (Wildman–Crippen LogP) is 1.62. The molecule has 1 aromatic rings. The minimum Gasteiger partial charge on any atom is -0.388 e. The van der Waals surface area contributed by atoms with E-state index in [1.54, 1.807) is 0 Å². The Morgan fingerprint density at radius 1 is 1.33 bits per heavy atom. The molecule has 82 valence electrons. The molecule has 0 radical (unpaired) electrons. The lowest BCUT2D eigenvalue weighted by molar-refractivity contribution is 0.264. The summed E-state index contributed by atoms with van der Waals surface area (Å²) in [6.45, 7) is 2.25. The summed E-state index contributed by atoms with van der Waals surface area (Å²) in [6.07, 6.45) is 5.09. The van der Waals surface area contributed by atoms with Gasteiger partial charge in [-0.25, -0.2) is 0 Å². The first-order valence-corrected chi connectivity index (χ1v) is 5.85. The molecule has 4 heteroatoms. The lowest BCUT2D eigenvalue weighted by Gasteiger charge is -2.12. The molecular weight excluding hydrogens is 190 g/mol. The van der Waals surface area contributed by atoms with Gasteiger partial charge in [-0.1, -0.05) is 6.92 Å². The molecule has 2 fully saturated rings. The highest BCUT2D eigenvalue weighted by molar-refractivity contribution is 5.09. The number of aliphatic hydroxyl groups excluding tert-OH is 1. The van der Waals surface area contributed by atoms with Crippen molar-refractivity contribution in [2.75, 3.05) is 0 Å². The van der Waals surface area contributed by atoms with Crippen LogP contribution in [-0.2, 0) is 6.61 Å². The van der Waals surface area contributed by atoms with Crippen molar-refractivity contribution in [3.63, 3.8) is 0 Å². The number of aromatic nitrogens is 3. The lowest BCUT2D eigenvalue weighted by atomic mass is 10.1. The van der Waals surface area contributed by atoms with Crippen LogP contribution in [0.3, 0.4) is 0 Å². The minimum absolute atomic E-state index is 0.0148. The van der Waals surface area contributed by atoms with Crippen molar-refractivity contribution in [2.45, 2.75) is 51.2 Å². The average molecular weight is 207 g/mol. The summed E-state index contributed by atoms with van der Waals surface area (Å²) < 4.78 is 2.18. The van der Waals surface area contributed by atoms with E-state index in [2.05, 4.69) is 21.7 Å². The zero-order valence-corrected chi connectivity index (χ0v) is 9.06. The van der Waals surface area contributed by atoms with E-state index in [1.807, 2.05) is 0 Å². The second kappa shape index (κ2) is 3.30. The van der Waals surface area contributed by atoms with Gasteiger partial charge in [-0.05, 0) is 31.6 Å². The van der Waals surface area contributed by atoms with Crippen LogP contribution in [0.5, 0.6) is 0 Å². The van der Waals surface area contributed by atoms with Crippen molar-refractivity contribution in [3.05, 3.63) is 11.6 Å². The highest BCUT2D eigenvalue weighted by atomic mass is 16.3. The van der Waals surface area contributed by atoms with Crippen molar-refractivity contribution >= 4 is 0 Å². The summed E-state index contributed by atoms with van der Waals surface area (Å²) in [7, 11) is 0. The third kappa shape index (κ3) is 1.57. The molecule has 1 aromatic heterocycles. The molecule has 0 spiro atoms. The van der Waals surface area contributed by atoms with Crippen LogP contribution in [0.15, 0.2) is 0 Å². The number of nitrogens with zero attached hydrogens (tertiary/aromatic N) is 3. The van der Waals surface area contributed by atoms with E-state index in [4.69, 9.17) is 0 Å². The van der Waals surface area contributed by atoms with E-state index in [-0.39, 0.29) is 6.61 Å². The summed E-state index contributed by atoms with van der Waals surface area (Å²) in [4.78, 5) is 0. The molecule has 0 saturated heterocycles. The van der Waals surface area contributed by atoms with Gasteiger partial charge in [0.2, 0.25) is 0 Å². The van der Waals surface area contributed by atoms with E-state index in [9.17, 15) is 5.11 Å². The molecular formula is C11H17N3O. The lowest BCUT2D eigenvalue weighted by Crippen LogP contribution is -2.10. The summed E-state index contributed by atoms with van der Waals surface area (Å²) >= 11 is 0. The zero-order chi connectivity index (χ0) is 10.4. The van der Waals surface area contributed by atoms with Gasteiger partial charge in [0.15, 0.2) is 5.82 Å². The fraction of sp³-hybridized carbons (Fsp3) is 0.818. The van der Waals surface area contributed by atoms with E-state index in [0.29, 0.717) is 12.0 Å². The van der Waals surface area contributed by atoms with Gasteiger partial charge in [0.25, 0.3) is 0 Å². The Morgan fingerprint density at radius 3 is 2.60 bits per heavy atom. The second-order valence-corrected chi connectivity index (χ2v) is 4.86. The highest BCUT2D eigenvalue weighted by Crippen LogP contribution is 2.44. The zero-order valence-electron chi connectivity index (χ0n) is 9.06. The van der Waals surface area contributed by atoms with Crippen LogP contribution in [0.1, 0.15) is 56.2 Å². The number of rotatable bonds is 4. The molecule has 2 aliphatic carbocycles. The molecule has 1 N–H and O–H groups in total. The van der Waals surface area contributed by atoms with Crippen molar-refractivity contribution < 1.29 is 5.11 Å². The maximum absolute atomic E-state index is 9.22. The van der Waals surface area contributed by atoms with Gasteiger partial charge in [0.05, 0.1) is 0 Å². The standard InChI is InChI=1S/C11H17N3O/c1-7(8-2-3-8)11-13-12-10(6-15)14(11)9-4-5-9/h7-9,15H,2-6H2,1H3. The quantitative estimate of drug-likeness (QED) is 0.816. The number of hydrogen-bond donors (Lipinski definition) is 1. The van der Waals surface area contributed by atoms with Gasteiger partial charge in [0, 0.05) is 12.0 Å². The molecule has 0 aromatic carbocycles. The van der Waals surface area contributed by atoms with Gasteiger partial charge in [0.1, 0.15) is 12.4 Å². The second-order valence-electron chi connectivity index (χ2n) is 4.86. The fourth-order valence-corrected chi connectivity index (χ4v) is 2.29. The Morgan fingerprint density at radius 2 is 2.07 bits per heavy atom. The topological polar surface area (TPSA) is 50.9 Å². The largest absolute Gasteiger partial charge is 0.388 e. The van der Waals surface area contributed by atoms with Crippen molar-refractivity contribution in [2.24, 2.45) is 5.92 Å². The Labute approximate surface area is 89.3 Å². The summed E-state index contributed by atoms with van der Waals surface area (Å²) in [5, 5.41) is 17.6. The van der Waals surface area contributed by atoms with Gasteiger partial charge in [-0.2, -0.15) is 0 Å². The average Bonchev–Trinajstić information content (AvgIpc) is 3.12. The predicted molar refractivity (Wildman–Crippen MR) is 55.4 cm³/mol. The maximum atomic E-state index is 9.22. The molecule has 0 aliphatic heterocycles. The molecule has 1 unspecified atom stereocenters. The van der Waals surface area contributed by atoms with Crippen LogP contribution < -0.4 is 0 Å². The number of aliphatic hydroxyl groups is 1. The van der Waals surface area contributed by atoms with Gasteiger partial charge in [-0.15, -0.1) is 10.2 Å². The summed E-state index contributed by atoms with van der Waals surface area (Å²) in [5.41, 5.74) is 0. The fourth-order valence-electron chi connectivity index (χ4n) is 2.29. The monoisotopic (exact) mass is 207 g/mol. The minimum atomic E-state index is 0.0148. The smallest absolute Gasteiger partial charge is 0.159 e. The summed E-state index contributed by atoms with van der Waals surface area (Å²) in [6, 6.07) is 0.568. The normalized spacial score (nSPS) is 23.1. The Bertz CT molecular complexity index is 366. The van der Waals surface area contributed by atoms with Crippen LogP contribution in [0.4, 0.5) is 0 Å².